The Hall–Kier alpha value is -0.166. The first-order valence-electron chi connectivity index (χ1n) is 7.11. The van der Waals surface area contributed by atoms with E-state index in [4.69, 9.17) is 22.2 Å². The van der Waals surface area contributed by atoms with E-state index in [-0.39, 0.29) is 0 Å². The van der Waals surface area contributed by atoms with Crippen molar-refractivity contribution < 1.29 is 0 Å². The molecule has 0 heterocycles. The van der Waals surface area contributed by atoms with E-state index >= 15 is 0 Å². The van der Waals surface area contributed by atoms with Gasteiger partial charge >= 0.3 is 49.3 Å². The van der Waals surface area contributed by atoms with Crippen LogP contribution in [0.1, 0.15) is 19.8 Å². The zero-order valence-corrected chi connectivity index (χ0v) is 14.7. The summed E-state index contributed by atoms with van der Waals surface area (Å²) >= 11 is 15.2. The summed E-state index contributed by atoms with van der Waals surface area (Å²) in [5.41, 5.74) is 0. The molecule has 0 unspecified atom stereocenters. The molecule has 20 heavy (non-hydrogen) atoms. The maximum absolute atomic E-state index is 6.49. The van der Waals surface area contributed by atoms with E-state index in [9.17, 15) is 0 Å². The summed E-state index contributed by atoms with van der Waals surface area (Å²) in [5.74, 6) is 0. The van der Waals surface area contributed by atoms with Gasteiger partial charge in [0.1, 0.15) is 0 Å². The standard InChI is InChI=1S/C12H10Cl2Si.C4H9.Li/c13-15(14,11-7-3-1-4-8-11)12-9-5-2-6-10-12;1-3-4-2;/h1-10H;1,3-4H2,2H3;. The van der Waals surface area contributed by atoms with Gasteiger partial charge in [-0.2, -0.15) is 0 Å². The molecule has 0 aromatic heterocycles. The molecule has 2 aromatic carbocycles. The Morgan fingerprint density at radius 3 is 1.50 bits per heavy atom. The zero-order valence-electron chi connectivity index (χ0n) is 12.2. The summed E-state index contributed by atoms with van der Waals surface area (Å²) < 4.78 is 0. The molecule has 0 aliphatic heterocycles. The van der Waals surface area contributed by atoms with Gasteiger partial charge in [0.05, 0.1) is 0 Å². The quantitative estimate of drug-likeness (QED) is 0.588. The first-order chi connectivity index (χ1) is 9.62. The second kappa shape index (κ2) is 9.71. The molecule has 0 saturated heterocycles. The molecule has 0 aliphatic rings. The van der Waals surface area contributed by atoms with Crippen molar-refractivity contribution in [3.8, 4) is 0 Å². The van der Waals surface area contributed by atoms with Crippen LogP contribution in [0.5, 0.6) is 0 Å². The van der Waals surface area contributed by atoms with Gasteiger partial charge in [-0.3, -0.25) is 0 Å². The topological polar surface area (TPSA) is 0 Å². The van der Waals surface area contributed by atoms with Crippen molar-refractivity contribution in [1.82, 2.24) is 0 Å². The first kappa shape index (κ1) is 17.9. The molecule has 0 fully saturated rings. The van der Waals surface area contributed by atoms with E-state index in [0.717, 1.165) is 10.4 Å². The van der Waals surface area contributed by atoms with Crippen molar-refractivity contribution in [2.75, 3.05) is 0 Å². The summed E-state index contributed by atoms with van der Waals surface area (Å²) in [6.45, 7) is -0.299. The van der Waals surface area contributed by atoms with Gasteiger partial charge in [0.15, 0.2) is 0 Å². The van der Waals surface area contributed by atoms with Gasteiger partial charge in [-0.05, 0) is 10.4 Å². The summed E-state index contributed by atoms with van der Waals surface area (Å²) in [7, 11) is 0. The molecule has 0 aliphatic carbocycles. The Kier molecular flexibility index (Phi) is 8.69. The SMILES string of the molecule is Cl[Si](Cl)(c1ccccc1)c1ccccc1.[Li][CH2]CCC. The third kappa shape index (κ3) is 5.68. The zero-order chi connectivity index (χ0) is 14.8. The Bertz CT molecular complexity index is 431. The molecule has 0 spiro atoms. The molecule has 0 nitrogen and oxygen atoms in total. The maximum atomic E-state index is 6.49. The van der Waals surface area contributed by atoms with Crippen molar-refractivity contribution in [3.63, 3.8) is 0 Å². The minimum absolute atomic E-state index is 1.03. The first-order valence-corrected chi connectivity index (χ1v) is 11.1. The summed E-state index contributed by atoms with van der Waals surface area (Å²) in [5, 5.41) is 3.40. The molecule has 2 rings (SSSR count). The summed E-state index contributed by atoms with van der Waals surface area (Å²) in [6, 6.07) is 19.7. The van der Waals surface area contributed by atoms with E-state index < -0.39 is 6.69 Å². The summed E-state index contributed by atoms with van der Waals surface area (Å²) in [4.78, 5) is 0. The molecule has 0 atom stereocenters. The van der Waals surface area contributed by atoms with Crippen molar-refractivity contribution in [3.05, 3.63) is 60.7 Å². The van der Waals surface area contributed by atoms with Gasteiger partial charge in [-0.25, -0.2) is 0 Å². The molecule has 0 amide bonds. The van der Waals surface area contributed by atoms with Gasteiger partial charge in [0.2, 0.25) is 0 Å². The number of hydrogen-bond donors (Lipinski definition) is 0. The van der Waals surface area contributed by atoms with Crippen molar-refractivity contribution in [2.24, 2.45) is 0 Å². The molecule has 0 saturated carbocycles. The number of rotatable bonds is 4. The van der Waals surface area contributed by atoms with E-state index in [0.29, 0.717) is 0 Å². The number of benzene rings is 2. The fraction of sp³-hybridized carbons (Fsp3) is 0.250. The molecule has 4 heteroatoms. The van der Waals surface area contributed by atoms with Crippen LogP contribution >= 0.6 is 22.2 Å². The van der Waals surface area contributed by atoms with Crippen LogP contribution in [0.3, 0.4) is 0 Å². The molecular weight excluding hydrogens is 298 g/mol. The fourth-order valence-electron chi connectivity index (χ4n) is 1.82. The van der Waals surface area contributed by atoms with E-state index in [1.165, 1.54) is 17.9 Å². The predicted molar refractivity (Wildman–Crippen MR) is 95.1 cm³/mol. The Morgan fingerprint density at radius 2 is 1.25 bits per heavy atom. The number of hydrogen-bond acceptors (Lipinski definition) is 0. The summed E-state index contributed by atoms with van der Waals surface area (Å²) in [6.07, 6.45) is 2.73. The molecule has 0 bridgehead atoms. The average Bonchev–Trinajstić information content (AvgIpc) is 2.50. The van der Waals surface area contributed by atoms with Crippen LogP contribution < -0.4 is 10.4 Å². The predicted octanol–water partition coefficient (Wildman–Crippen LogP) is 4.09. The van der Waals surface area contributed by atoms with Crippen LogP contribution in [0.25, 0.3) is 0 Å². The number of halogens is 2. The van der Waals surface area contributed by atoms with Gasteiger partial charge in [0.25, 0.3) is 0 Å². The molecule has 0 N–H and O–H groups in total. The molecular formula is C16H19Cl2LiSi. The third-order valence-corrected chi connectivity index (χ3v) is 7.72. The van der Waals surface area contributed by atoms with Crippen LogP contribution in [0.4, 0.5) is 0 Å². The monoisotopic (exact) mass is 316 g/mol. The third-order valence-electron chi connectivity index (χ3n) is 2.98. The van der Waals surface area contributed by atoms with Gasteiger partial charge in [-0.15, -0.1) is 22.2 Å². The van der Waals surface area contributed by atoms with Crippen molar-refractivity contribution in [2.45, 2.75) is 24.9 Å². The van der Waals surface area contributed by atoms with Crippen LogP contribution in [-0.4, -0.2) is 24.4 Å². The van der Waals surface area contributed by atoms with Crippen molar-refractivity contribution in [1.29, 1.82) is 0 Å². The van der Waals surface area contributed by atoms with Crippen LogP contribution in [0.15, 0.2) is 60.7 Å². The Labute approximate surface area is 142 Å². The second-order valence-electron chi connectivity index (χ2n) is 4.66. The van der Waals surface area contributed by atoms with Gasteiger partial charge in [0, 0.05) is 0 Å². The van der Waals surface area contributed by atoms with Gasteiger partial charge in [-0.1, -0.05) is 60.7 Å². The normalized spacial score (nSPS) is 10.7. The molecule has 2 aromatic rings. The van der Waals surface area contributed by atoms with E-state index in [2.05, 4.69) is 24.6 Å². The van der Waals surface area contributed by atoms with Crippen LogP contribution in [0.2, 0.25) is 5.09 Å². The van der Waals surface area contributed by atoms with E-state index in [1.807, 2.05) is 60.7 Å². The Morgan fingerprint density at radius 1 is 0.850 bits per heavy atom. The fourth-order valence-corrected chi connectivity index (χ4v) is 4.88. The Balaban J connectivity index is 0.000000347. The van der Waals surface area contributed by atoms with Gasteiger partial charge < -0.3 is 0 Å². The van der Waals surface area contributed by atoms with Crippen molar-refractivity contribution >= 4 is 56.9 Å². The minimum atomic E-state index is -2.51. The average molecular weight is 317 g/mol. The molecule has 0 radical (unpaired) electrons. The van der Waals surface area contributed by atoms with E-state index in [1.54, 1.807) is 0 Å². The molecule has 102 valence electrons. The number of unbranched alkanes of at least 4 members (excludes halogenated alkanes) is 1. The van der Waals surface area contributed by atoms with Crippen LogP contribution in [-0.2, 0) is 0 Å². The second-order valence-corrected chi connectivity index (χ2v) is 10.9. The van der Waals surface area contributed by atoms with Crippen LogP contribution in [0, 0.1) is 0 Å².